The Hall–Kier alpha value is -3.84. The zero-order valence-electron chi connectivity index (χ0n) is 20.7. The molecule has 6 nitrogen and oxygen atoms in total. The lowest BCUT2D eigenvalue weighted by Gasteiger charge is -2.37. The van der Waals surface area contributed by atoms with Crippen molar-refractivity contribution in [3.63, 3.8) is 0 Å². The Morgan fingerprint density at radius 1 is 0.917 bits per heavy atom. The SMILES string of the molecule is CCOC(=O)C1=C(C)N(c2ccccc2)C(=S)N[C@H]1c1ccc(OCc2ccccc2)c(OCC)c1. The van der Waals surface area contributed by atoms with Crippen LogP contribution in [0.3, 0.4) is 0 Å². The van der Waals surface area contributed by atoms with Crippen LogP contribution in [0.5, 0.6) is 11.5 Å². The first-order chi connectivity index (χ1) is 17.5. The summed E-state index contributed by atoms with van der Waals surface area (Å²) in [4.78, 5) is 15.0. The van der Waals surface area contributed by atoms with Crippen LogP contribution in [0.4, 0.5) is 5.69 Å². The van der Waals surface area contributed by atoms with Crippen molar-refractivity contribution in [2.75, 3.05) is 18.1 Å². The van der Waals surface area contributed by atoms with Gasteiger partial charge in [-0.2, -0.15) is 0 Å². The Balaban J connectivity index is 1.71. The van der Waals surface area contributed by atoms with Crippen LogP contribution in [0.25, 0.3) is 0 Å². The van der Waals surface area contributed by atoms with Crippen LogP contribution in [0.2, 0.25) is 0 Å². The number of carbonyl (C=O) groups is 1. The second-order valence-electron chi connectivity index (χ2n) is 8.19. The summed E-state index contributed by atoms with van der Waals surface area (Å²) in [6, 6.07) is 24.9. The minimum atomic E-state index is -0.501. The molecule has 1 aliphatic rings. The van der Waals surface area contributed by atoms with E-state index in [4.69, 9.17) is 26.4 Å². The van der Waals surface area contributed by atoms with Gasteiger partial charge in [-0.05, 0) is 68.4 Å². The van der Waals surface area contributed by atoms with Crippen molar-refractivity contribution in [2.24, 2.45) is 0 Å². The smallest absolute Gasteiger partial charge is 0.338 e. The maximum Gasteiger partial charge on any atom is 0.338 e. The number of nitrogens with one attached hydrogen (secondary N) is 1. The number of rotatable bonds is 9. The van der Waals surface area contributed by atoms with Gasteiger partial charge in [0.25, 0.3) is 0 Å². The highest BCUT2D eigenvalue weighted by atomic mass is 32.1. The summed E-state index contributed by atoms with van der Waals surface area (Å²) in [5.74, 6) is 0.843. The number of thiocarbonyl (C=S) groups is 1. The molecule has 0 bridgehead atoms. The van der Waals surface area contributed by atoms with E-state index in [1.807, 2.05) is 97.6 Å². The molecule has 1 aliphatic heterocycles. The van der Waals surface area contributed by atoms with E-state index in [-0.39, 0.29) is 6.61 Å². The molecule has 0 radical (unpaired) electrons. The van der Waals surface area contributed by atoms with Crippen LogP contribution in [-0.4, -0.2) is 24.3 Å². The minimum absolute atomic E-state index is 0.272. The van der Waals surface area contributed by atoms with Crippen molar-refractivity contribution in [3.8, 4) is 11.5 Å². The monoisotopic (exact) mass is 502 g/mol. The summed E-state index contributed by atoms with van der Waals surface area (Å²) in [7, 11) is 0. The Morgan fingerprint density at radius 3 is 2.28 bits per heavy atom. The zero-order valence-corrected chi connectivity index (χ0v) is 21.5. The number of para-hydroxylation sites is 1. The van der Waals surface area contributed by atoms with Gasteiger partial charge in [0.1, 0.15) is 6.61 Å². The number of ether oxygens (including phenoxy) is 3. The first kappa shape index (κ1) is 25.3. The van der Waals surface area contributed by atoms with Crippen molar-refractivity contribution < 1.29 is 19.0 Å². The molecule has 0 aliphatic carbocycles. The lowest BCUT2D eigenvalue weighted by Crippen LogP contribution is -2.48. The van der Waals surface area contributed by atoms with Crippen LogP contribution in [-0.2, 0) is 16.1 Å². The highest BCUT2D eigenvalue weighted by Crippen LogP contribution is 2.38. The van der Waals surface area contributed by atoms with Gasteiger partial charge in [0, 0.05) is 11.4 Å². The number of esters is 1. The van der Waals surface area contributed by atoms with E-state index in [1.165, 1.54) is 0 Å². The van der Waals surface area contributed by atoms with Gasteiger partial charge in [-0.15, -0.1) is 0 Å². The van der Waals surface area contributed by atoms with Crippen molar-refractivity contribution in [1.82, 2.24) is 5.32 Å². The first-order valence-electron chi connectivity index (χ1n) is 12.0. The molecule has 0 saturated carbocycles. The van der Waals surface area contributed by atoms with Gasteiger partial charge in [0.2, 0.25) is 0 Å². The average Bonchev–Trinajstić information content (AvgIpc) is 2.89. The Bertz CT molecular complexity index is 1240. The highest BCUT2D eigenvalue weighted by Gasteiger charge is 2.35. The second-order valence-corrected chi connectivity index (χ2v) is 8.57. The van der Waals surface area contributed by atoms with Crippen molar-refractivity contribution in [3.05, 3.63) is 101 Å². The third kappa shape index (κ3) is 5.52. The molecular weight excluding hydrogens is 472 g/mol. The van der Waals surface area contributed by atoms with E-state index in [2.05, 4.69) is 5.32 Å². The number of benzene rings is 3. The van der Waals surface area contributed by atoms with Gasteiger partial charge >= 0.3 is 5.97 Å². The number of allylic oxidation sites excluding steroid dienone is 1. The fourth-order valence-corrected chi connectivity index (χ4v) is 4.54. The Kier molecular flexibility index (Phi) is 8.23. The molecule has 4 rings (SSSR count). The predicted molar refractivity (Wildman–Crippen MR) is 145 cm³/mol. The normalized spacial score (nSPS) is 15.4. The molecule has 1 N–H and O–H groups in total. The van der Waals surface area contributed by atoms with E-state index in [1.54, 1.807) is 6.92 Å². The molecule has 3 aromatic rings. The summed E-state index contributed by atoms with van der Waals surface area (Å²) in [6.07, 6.45) is 0. The molecule has 3 aromatic carbocycles. The molecule has 7 heteroatoms. The predicted octanol–water partition coefficient (Wildman–Crippen LogP) is 5.94. The van der Waals surface area contributed by atoms with Crippen LogP contribution >= 0.6 is 12.2 Å². The Morgan fingerprint density at radius 2 is 1.61 bits per heavy atom. The molecule has 0 aromatic heterocycles. The topological polar surface area (TPSA) is 60.0 Å². The standard InChI is InChI=1S/C29H30N2O4S/c1-4-33-25-18-22(16-17-24(25)35-19-21-12-8-6-9-13-21)27-26(28(32)34-5-2)20(3)31(29(36)30-27)23-14-10-7-11-15-23/h6-18,27H,4-5,19H2,1-3H3,(H,30,36)/t27-/m0/s1. The molecule has 0 saturated heterocycles. The first-order valence-corrected chi connectivity index (χ1v) is 12.4. The zero-order chi connectivity index (χ0) is 25.5. The summed E-state index contributed by atoms with van der Waals surface area (Å²) in [5, 5.41) is 3.85. The molecule has 0 spiro atoms. The Labute approximate surface area is 217 Å². The summed E-state index contributed by atoms with van der Waals surface area (Å²) < 4.78 is 17.4. The van der Waals surface area contributed by atoms with Gasteiger partial charge in [-0.3, -0.25) is 4.90 Å². The highest BCUT2D eigenvalue weighted by molar-refractivity contribution is 7.80. The maximum absolute atomic E-state index is 13.2. The number of nitrogens with zero attached hydrogens (tertiary/aromatic N) is 1. The number of carbonyl (C=O) groups excluding carboxylic acids is 1. The van der Waals surface area contributed by atoms with Gasteiger partial charge in [0.15, 0.2) is 16.6 Å². The van der Waals surface area contributed by atoms with Crippen molar-refractivity contribution in [2.45, 2.75) is 33.4 Å². The van der Waals surface area contributed by atoms with E-state index in [0.29, 0.717) is 35.4 Å². The maximum atomic E-state index is 13.2. The summed E-state index contributed by atoms with van der Waals surface area (Å²) in [6.45, 7) is 6.78. The number of hydrogen-bond donors (Lipinski definition) is 1. The fourth-order valence-electron chi connectivity index (χ4n) is 4.18. The second kappa shape index (κ2) is 11.7. The molecular formula is C29H30N2O4S. The molecule has 0 amide bonds. The molecule has 0 fully saturated rings. The third-order valence-corrected chi connectivity index (χ3v) is 6.13. The molecule has 0 unspecified atom stereocenters. The minimum Gasteiger partial charge on any atom is -0.490 e. The lowest BCUT2D eigenvalue weighted by molar-refractivity contribution is -0.139. The molecule has 1 heterocycles. The molecule has 1 atom stereocenters. The van der Waals surface area contributed by atoms with Crippen LogP contribution in [0.1, 0.15) is 37.9 Å². The quantitative estimate of drug-likeness (QED) is 0.287. The van der Waals surface area contributed by atoms with E-state index >= 15 is 0 Å². The van der Waals surface area contributed by atoms with Gasteiger partial charge < -0.3 is 19.5 Å². The molecule has 186 valence electrons. The van der Waals surface area contributed by atoms with E-state index in [9.17, 15) is 4.79 Å². The van der Waals surface area contributed by atoms with Crippen LogP contribution in [0, 0.1) is 0 Å². The van der Waals surface area contributed by atoms with E-state index < -0.39 is 12.0 Å². The number of hydrogen-bond acceptors (Lipinski definition) is 5. The van der Waals surface area contributed by atoms with Gasteiger partial charge in [-0.1, -0.05) is 54.6 Å². The largest absolute Gasteiger partial charge is 0.490 e. The van der Waals surface area contributed by atoms with Crippen LogP contribution in [0.15, 0.2) is 90.1 Å². The van der Waals surface area contributed by atoms with Gasteiger partial charge in [-0.25, -0.2) is 4.79 Å². The molecule has 36 heavy (non-hydrogen) atoms. The van der Waals surface area contributed by atoms with Gasteiger partial charge in [0.05, 0.1) is 24.8 Å². The summed E-state index contributed by atoms with van der Waals surface area (Å²) in [5.41, 5.74) is 3.97. The lowest BCUT2D eigenvalue weighted by atomic mass is 9.94. The van der Waals surface area contributed by atoms with Crippen LogP contribution < -0.4 is 19.7 Å². The summed E-state index contributed by atoms with van der Waals surface area (Å²) >= 11 is 5.75. The van der Waals surface area contributed by atoms with Crippen molar-refractivity contribution in [1.29, 1.82) is 0 Å². The third-order valence-electron chi connectivity index (χ3n) is 5.83. The average molecular weight is 503 g/mol. The fraction of sp³-hybridized carbons (Fsp3) is 0.241. The number of anilines is 1. The van der Waals surface area contributed by atoms with E-state index in [0.717, 1.165) is 22.5 Å². The van der Waals surface area contributed by atoms with Crippen molar-refractivity contribution >= 4 is 29.0 Å².